The molecule has 1 aromatic rings. The highest BCUT2D eigenvalue weighted by molar-refractivity contribution is 6.28. The molecule has 2 N–H and O–H groups in total. The number of allylic oxidation sites excluding steroid dienone is 1. The van der Waals surface area contributed by atoms with E-state index in [9.17, 15) is 14.4 Å². The molecule has 3 rings (SSSR count). The smallest absolute Gasteiger partial charge is 0.328 e. The third-order valence-electron chi connectivity index (χ3n) is 5.25. The minimum Gasteiger partial charge on any atom is -0.494 e. The number of benzene rings is 1. The SMILES string of the molecule is CC.CC=C1C(=O)NC(=O)NC1=O.Cc1ccc(OCCCCC2CCCCC2)cc1. The second-order valence-electron chi connectivity index (χ2n) is 7.60. The molecule has 0 atom stereocenters. The van der Waals surface area contributed by atoms with Gasteiger partial charge in [-0.25, -0.2) is 4.79 Å². The molecule has 1 saturated heterocycles. The van der Waals surface area contributed by atoms with E-state index in [0.717, 1.165) is 18.3 Å². The number of hydrogen-bond acceptors (Lipinski definition) is 4. The van der Waals surface area contributed by atoms with Crippen molar-refractivity contribution in [3.63, 3.8) is 0 Å². The molecule has 2 aliphatic rings. The molecule has 1 aliphatic carbocycles. The van der Waals surface area contributed by atoms with E-state index < -0.39 is 17.8 Å². The van der Waals surface area contributed by atoms with Crippen molar-refractivity contribution in [2.45, 2.75) is 79.1 Å². The molecule has 0 aromatic heterocycles. The van der Waals surface area contributed by atoms with Gasteiger partial charge in [0.05, 0.1) is 6.61 Å². The number of barbiturate groups is 1. The van der Waals surface area contributed by atoms with Gasteiger partial charge in [-0.3, -0.25) is 20.2 Å². The number of hydrogen-bond donors (Lipinski definition) is 2. The van der Waals surface area contributed by atoms with Gasteiger partial charge in [-0.05, 0) is 44.7 Å². The van der Waals surface area contributed by atoms with Crippen molar-refractivity contribution in [1.82, 2.24) is 10.6 Å². The summed E-state index contributed by atoms with van der Waals surface area (Å²) in [6.45, 7) is 8.52. The van der Waals surface area contributed by atoms with Crippen molar-refractivity contribution in [1.29, 1.82) is 0 Å². The molecule has 0 spiro atoms. The van der Waals surface area contributed by atoms with Crippen LogP contribution in [-0.2, 0) is 9.59 Å². The van der Waals surface area contributed by atoms with Crippen LogP contribution in [0.5, 0.6) is 5.75 Å². The summed E-state index contributed by atoms with van der Waals surface area (Å²) in [4.78, 5) is 32.0. The Bertz CT molecular complexity index is 698. The Labute approximate surface area is 186 Å². The summed E-state index contributed by atoms with van der Waals surface area (Å²) >= 11 is 0. The van der Waals surface area contributed by atoms with Crippen molar-refractivity contribution in [3.8, 4) is 5.75 Å². The maximum atomic E-state index is 10.8. The number of imide groups is 2. The average Bonchev–Trinajstić information content (AvgIpc) is 2.77. The highest BCUT2D eigenvalue weighted by Gasteiger charge is 2.26. The zero-order valence-corrected chi connectivity index (χ0v) is 19.5. The largest absolute Gasteiger partial charge is 0.494 e. The van der Waals surface area contributed by atoms with Crippen LogP contribution in [0.4, 0.5) is 4.79 Å². The normalized spacial score (nSPS) is 16.1. The Hall–Kier alpha value is -2.63. The predicted molar refractivity (Wildman–Crippen MR) is 124 cm³/mol. The van der Waals surface area contributed by atoms with Gasteiger partial charge in [-0.15, -0.1) is 0 Å². The first-order valence-electron chi connectivity index (χ1n) is 11.5. The first-order valence-corrected chi connectivity index (χ1v) is 11.5. The van der Waals surface area contributed by atoms with Gasteiger partial charge >= 0.3 is 6.03 Å². The molecule has 1 aromatic carbocycles. The molecule has 1 aliphatic heterocycles. The standard InChI is InChI=1S/C17H26O.C6H6N2O3.C2H6/c1-15-10-12-17(13-11-15)18-14-6-5-9-16-7-3-2-4-8-16;1-2-3-4(9)7-6(11)8-5(3)10;1-2/h10-13,16H,2-9,14H2,1H3;2H,1H3,(H2,7,8,9,10,11);1-2H3. The Morgan fingerprint density at radius 1 is 0.935 bits per heavy atom. The van der Waals surface area contributed by atoms with Crippen LogP contribution in [0.25, 0.3) is 0 Å². The summed E-state index contributed by atoms with van der Waals surface area (Å²) in [5.41, 5.74) is 1.25. The zero-order valence-electron chi connectivity index (χ0n) is 19.5. The van der Waals surface area contributed by atoms with Gasteiger partial charge < -0.3 is 4.74 Å². The van der Waals surface area contributed by atoms with Gasteiger partial charge in [-0.1, -0.05) is 76.1 Å². The molecule has 172 valence electrons. The summed E-state index contributed by atoms with van der Waals surface area (Å²) in [6.07, 6.45) is 12.6. The number of nitrogens with one attached hydrogen (secondary N) is 2. The predicted octanol–water partition coefficient (Wildman–Crippen LogP) is 5.45. The molecule has 4 amide bonds. The molecule has 1 heterocycles. The van der Waals surface area contributed by atoms with Crippen LogP contribution >= 0.6 is 0 Å². The first-order chi connectivity index (χ1) is 15.0. The maximum absolute atomic E-state index is 10.8. The zero-order chi connectivity index (χ0) is 23.1. The average molecular weight is 431 g/mol. The lowest BCUT2D eigenvalue weighted by Crippen LogP contribution is -2.51. The van der Waals surface area contributed by atoms with Crippen LogP contribution in [0.15, 0.2) is 35.9 Å². The van der Waals surface area contributed by atoms with Gasteiger partial charge in [-0.2, -0.15) is 0 Å². The minimum atomic E-state index is -0.773. The fraction of sp³-hybridized carbons (Fsp3) is 0.560. The van der Waals surface area contributed by atoms with Crippen LogP contribution in [0, 0.1) is 12.8 Å². The number of rotatable bonds is 6. The molecule has 2 fully saturated rings. The highest BCUT2D eigenvalue weighted by Crippen LogP contribution is 2.27. The van der Waals surface area contributed by atoms with Crippen molar-refractivity contribution < 1.29 is 19.1 Å². The fourth-order valence-corrected chi connectivity index (χ4v) is 3.57. The van der Waals surface area contributed by atoms with Crippen LogP contribution in [0.1, 0.15) is 77.7 Å². The lowest BCUT2D eigenvalue weighted by Gasteiger charge is -2.21. The van der Waals surface area contributed by atoms with Gasteiger partial charge in [0, 0.05) is 0 Å². The van der Waals surface area contributed by atoms with Gasteiger partial charge in [0.2, 0.25) is 0 Å². The Kier molecular flexibility index (Phi) is 13.0. The number of amides is 4. The number of aryl methyl sites for hydroxylation is 1. The molecular formula is C25H38N2O4. The van der Waals surface area contributed by atoms with E-state index in [-0.39, 0.29) is 5.57 Å². The van der Waals surface area contributed by atoms with Crippen molar-refractivity contribution in [2.75, 3.05) is 6.61 Å². The van der Waals surface area contributed by atoms with E-state index in [2.05, 4.69) is 31.2 Å². The third kappa shape index (κ3) is 10.3. The van der Waals surface area contributed by atoms with E-state index in [1.807, 2.05) is 24.5 Å². The number of carbonyl (C=O) groups is 3. The highest BCUT2D eigenvalue weighted by atomic mass is 16.5. The Morgan fingerprint density at radius 2 is 1.52 bits per heavy atom. The Balaban J connectivity index is 0.000000317. The summed E-state index contributed by atoms with van der Waals surface area (Å²) in [5, 5.41) is 3.87. The summed E-state index contributed by atoms with van der Waals surface area (Å²) in [7, 11) is 0. The maximum Gasteiger partial charge on any atom is 0.328 e. The van der Waals surface area contributed by atoms with Crippen LogP contribution in [-0.4, -0.2) is 24.5 Å². The molecule has 0 radical (unpaired) electrons. The topological polar surface area (TPSA) is 84.5 Å². The molecule has 6 nitrogen and oxygen atoms in total. The lowest BCUT2D eigenvalue weighted by molar-refractivity contribution is -0.124. The molecule has 0 unspecified atom stereocenters. The van der Waals surface area contributed by atoms with E-state index >= 15 is 0 Å². The molecule has 1 saturated carbocycles. The second kappa shape index (κ2) is 15.2. The monoisotopic (exact) mass is 430 g/mol. The van der Waals surface area contributed by atoms with Crippen molar-refractivity contribution in [2.24, 2.45) is 5.92 Å². The third-order valence-corrected chi connectivity index (χ3v) is 5.25. The molecule has 31 heavy (non-hydrogen) atoms. The molecular weight excluding hydrogens is 392 g/mol. The van der Waals surface area contributed by atoms with Crippen molar-refractivity contribution >= 4 is 17.8 Å². The van der Waals surface area contributed by atoms with Crippen LogP contribution in [0.3, 0.4) is 0 Å². The minimum absolute atomic E-state index is 0.0374. The molecule has 6 heteroatoms. The van der Waals surface area contributed by atoms with Gasteiger partial charge in [0.1, 0.15) is 11.3 Å². The fourth-order valence-electron chi connectivity index (χ4n) is 3.57. The van der Waals surface area contributed by atoms with E-state index in [0.29, 0.717) is 0 Å². The van der Waals surface area contributed by atoms with Gasteiger partial charge in [0.25, 0.3) is 11.8 Å². The first kappa shape index (κ1) is 26.4. The van der Waals surface area contributed by atoms with E-state index in [1.54, 1.807) is 6.92 Å². The second-order valence-corrected chi connectivity index (χ2v) is 7.60. The number of urea groups is 1. The molecule has 0 bridgehead atoms. The van der Waals surface area contributed by atoms with Crippen LogP contribution in [0.2, 0.25) is 0 Å². The van der Waals surface area contributed by atoms with Crippen LogP contribution < -0.4 is 15.4 Å². The quantitative estimate of drug-likeness (QED) is 0.357. The summed E-state index contributed by atoms with van der Waals surface area (Å²) in [6, 6.07) is 7.58. The Morgan fingerprint density at radius 3 is 2.06 bits per heavy atom. The van der Waals surface area contributed by atoms with Gasteiger partial charge in [0.15, 0.2) is 0 Å². The van der Waals surface area contributed by atoms with E-state index in [1.165, 1.54) is 63.0 Å². The van der Waals surface area contributed by atoms with Crippen molar-refractivity contribution in [3.05, 3.63) is 41.5 Å². The number of ether oxygens (including phenoxy) is 1. The lowest BCUT2D eigenvalue weighted by atomic mass is 9.86. The summed E-state index contributed by atoms with van der Waals surface area (Å²) in [5.74, 6) is 0.721. The number of unbranched alkanes of at least 4 members (excludes halogenated alkanes) is 1. The number of carbonyl (C=O) groups excluding carboxylic acids is 3. The summed E-state index contributed by atoms with van der Waals surface area (Å²) < 4.78 is 5.75. The van der Waals surface area contributed by atoms with E-state index in [4.69, 9.17) is 4.74 Å².